The number of nitrogens with one attached hydrogen (secondary N) is 1. The number of ether oxygens (including phenoxy) is 1. The lowest BCUT2D eigenvalue weighted by molar-refractivity contribution is -0.119. The van der Waals surface area contributed by atoms with Crippen molar-refractivity contribution >= 4 is 29.0 Å². The Morgan fingerprint density at radius 2 is 2.23 bits per heavy atom. The highest BCUT2D eigenvalue weighted by Gasteiger charge is 2.32. The van der Waals surface area contributed by atoms with Gasteiger partial charge in [0, 0.05) is 23.9 Å². The quantitative estimate of drug-likeness (QED) is 0.900. The third-order valence-corrected chi connectivity index (χ3v) is 5.83. The van der Waals surface area contributed by atoms with Crippen molar-refractivity contribution in [1.29, 1.82) is 0 Å². The van der Waals surface area contributed by atoms with Gasteiger partial charge in [-0.15, -0.1) is 11.3 Å². The number of hydrogen-bond acceptors (Lipinski definition) is 5. The van der Waals surface area contributed by atoms with E-state index in [-0.39, 0.29) is 18.1 Å². The Kier molecular flexibility index (Phi) is 4.40. The maximum Gasteiger partial charge on any atom is 0.414 e. The number of aryl methyl sites for hydroxylation is 3. The van der Waals surface area contributed by atoms with Crippen LogP contribution < -0.4 is 10.2 Å². The summed E-state index contributed by atoms with van der Waals surface area (Å²) in [6.07, 6.45) is 2.13. The van der Waals surface area contributed by atoms with E-state index in [9.17, 15) is 9.59 Å². The van der Waals surface area contributed by atoms with Crippen molar-refractivity contribution in [2.75, 3.05) is 18.0 Å². The van der Waals surface area contributed by atoms with Gasteiger partial charge >= 0.3 is 6.09 Å². The molecule has 0 spiro atoms. The summed E-state index contributed by atoms with van der Waals surface area (Å²) in [5.74, 6) is -0.125. The molecule has 0 saturated carbocycles. The van der Waals surface area contributed by atoms with Crippen LogP contribution in [0.5, 0.6) is 0 Å². The SMILES string of the molecule is CC(=O)NCC1CN(c2ccc3c(c2)Cc2sc(C)nc2CC3)C(=O)O1. The van der Waals surface area contributed by atoms with E-state index >= 15 is 0 Å². The van der Waals surface area contributed by atoms with Crippen LogP contribution in [0.25, 0.3) is 0 Å². The zero-order chi connectivity index (χ0) is 18.3. The van der Waals surface area contributed by atoms with Crippen LogP contribution in [-0.4, -0.2) is 36.2 Å². The first-order valence-electron chi connectivity index (χ1n) is 8.79. The second-order valence-corrected chi connectivity index (χ2v) is 8.07. The van der Waals surface area contributed by atoms with Gasteiger partial charge in [0.15, 0.2) is 0 Å². The minimum absolute atomic E-state index is 0.125. The Morgan fingerprint density at radius 3 is 3.04 bits per heavy atom. The van der Waals surface area contributed by atoms with E-state index in [0.717, 1.165) is 30.0 Å². The van der Waals surface area contributed by atoms with Gasteiger partial charge in [-0.2, -0.15) is 0 Å². The fourth-order valence-corrected chi connectivity index (χ4v) is 4.56. The van der Waals surface area contributed by atoms with Gasteiger partial charge in [0.1, 0.15) is 6.10 Å². The third kappa shape index (κ3) is 3.31. The van der Waals surface area contributed by atoms with E-state index in [1.54, 1.807) is 16.2 Å². The molecule has 6 nitrogen and oxygen atoms in total. The third-order valence-electron chi connectivity index (χ3n) is 4.82. The number of fused-ring (bicyclic) bond motifs is 2. The van der Waals surface area contributed by atoms with Crippen molar-refractivity contribution < 1.29 is 14.3 Å². The molecular formula is C19H21N3O3S. The number of hydrogen-bond donors (Lipinski definition) is 1. The molecule has 1 N–H and O–H groups in total. The Morgan fingerprint density at radius 1 is 1.38 bits per heavy atom. The first kappa shape index (κ1) is 17.0. The first-order chi connectivity index (χ1) is 12.5. The van der Waals surface area contributed by atoms with Crippen molar-refractivity contribution in [3.05, 3.63) is 44.9 Å². The highest BCUT2D eigenvalue weighted by molar-refractivity contribution is 7.11. The molecule has 4 rings (SSSR count). The van der Waals surface area contributed by atoms with E-state index in [2.05, 4.69) is 22.4 Å². The van der Waals surface area contributed by atoms with Crippen molar-refractivity contribution in [3.63, 3.8) is 0 Å². The molecule has 26 heavy (non-hydrogen) atoms. The zero-order valence-electron chi connectivity index (χ0n) is 14.9. The minimum atomic E-state index is -0.358. The summed E-state index contributed by atoms with van der Waals surface area (Å²) < 4.78 is 5.37. The molecule has 1 aromatic heterocycles. The molecule has 1 saturated heterocycles. The molecule has 2 heterocycles. The van der Waals surface area contributed by atoms with Gasteiger partial charge in [0.2, 0.25) is 5.91 Å². The average molecular weight is 371 g/mol. The molecule has 2 aromatic rings. The second kappa shape index (κ2) is 6.72. The van der Waals surface area contributed by atoms with Gasteiger partial charge < -0.3 is 10.1 Å². The predicted molar refractivity (Wildman–Crippen MR) is 99.8 cm³/mol. The number of cyclic esters (lactones) is 1. The van der Waals surface area contributed by atoms with Crippen LogP contribution in [0.3, 0.4) is 0 Å². The molecule has 1 atom stereocenters. The molecule has 0 bridgehead atoms. The van der Waals surface area contributed by atoms with Crippen molar-refractivity contribution in [1.82, 2.24) is 10.3 Å². The number of aromatic nitrogens is 1. The number of carbonyl (C=O) groups is 2. The summed E-state index contributed by atoms with van der Waals surface area (Å²) in [5.41, 5.74) is 4.63. The molecule has 1 aliphatic carbocycles. The maximum absolute atomic E-state index is 12.3. The summed E-state index contributed by atoms with van der Waals surface area (Å²) in [6.45, 7) is 4.29. The first-order valence-corrected chi connectivity index (χ1v) is 9.61. The van der Waals surface area contributed by atoms with E-state index in [1.807, 2.05) is 13.0 Å². The van der Waals surface area contributed by atoms with Crippen LogP contribution >= 0.6 is 11.3 Å². The zero-order valence-corrected chi connectivity index (χ0v) is 15.7. The molecule has 1 fully saturated rings. The van der Waals surface area contributed by atoms with Gasteiger partial charge in [0.25, 0.3) is 0 Å². The van der Waals surface area contributed by atoms with Crippen LogP contribution in [-0.2, 0) is 28.8 Å². The maximum atomic E-state index is 12.3. The van der Waals surface area contributed by atoms with Crippen LogP contribution in [0.4, 0.5) is 10.5 Å². The van der Waals surface area contributed by atoms with Gasteiger partial charge in [-0.3, -0.25) is 9.69 Å². The predicted octanol–water partition coefficient (Wildman–Crippen LogP) is 2.60. The molecule has 2 amide bonds. The second-order valence-electron chi connectivity index (χ2n) is 6.79. The lowest BCUT2D eigenvalue weighted by atomic mass is 10.0. The highest BCUT2D eigenvalue weighted by atomic mass is 32.1. The number of benzene rings is 1. The van der Waals surface area contributed by atoms with Crippen LogP contribution in [0.1, 0.15) is 33.6 Å². The highest BCUT2D eigenvalue weighted by Crippen LogP contribution is 2.31. The number of thiazole rings is 1. The molecule has 2 aliphatic rings. The average Bonchev–Trinajstić information content (AvgIpc) is 3.09. The standard InChI is InChI=1S/C19H21N3O3S/c1-11(23)20-9-16-10-22(19(24)25-16)15-5-3-13-4-6-17-18(8-14(13)7-15)26-12(2)21-17/h3,5,7,16H,4,6,8-10H2,1-2H3,(H,20,23). The topological polar surface area (TPSA) is 71.5 Å². The summed E-state index contributed by atoms with van der Waals surface area (Å²) in [6, 6.07) is 6.20. The Balaban J connectivity index is 1.55. The summed E-state index contributed by atoms with van der Waals surface area (Å²) >= 11 is 1.76. The molecule has 1 aromatic carbocycles. The normalized spacial score (nSPS) is 18.8. The smallest absolute Gasteiger partial charge is 0.414 e. The minimum Gasteiger partial charge on any atom is -0.442 e. The fraction of sp³-hybridized carbons (Fsp3) is 0.421. The molecular weight excluding hydrogens is 350 g/mol. The Labute approximate surface area is 156 Å². The monoisotopic (exact) mass is 371 g/mol. The number of rotatable bonds is 3. The van der Waals surface area contributed by atoms with Crippen molar-refractivity contribution in [2.45, 2.75) is 39.2 Å². The number of carbonyl (C=O) groups excluding carboxylic acids is 2. The fourth-order valence-electron chi connectivity index (χ4n) is 3.56. The van der Waals surface area contributed by atoms with E-state index in [4.69, 9.17) is 4.74 Å². The van der Waals surface area contributed by atoms with Crippen LogP contribution in [0.2, 0.25) is 0 Å². The van der Waals surface area contributed by atoms with E-state index in [0.29, 0.717) is 13.1 Å². The Bertz CT molecular complexity index is 877. The van der Waals surface area contributed by atoms with Crippen LogP contribution in [0.15, 0.2) is 18.2 Å². The summed E-state index contributed by atoms with van der Waals surface area (Å²) in [5, 5.41) is 3.81. The molecule has 1 aliphatic heterocycles. The van der Waals surface area contributed by atoms with Gasteiger partial charge in [-0.05, 0) is 43.0 Å². The van der Waals surface area contributed by atoms with Crippen LogP contribution in [0, 0.1) is 6.92 Å². The van der Waals surface area contributed by atoms with Gasteiger partial charge in [-0.25, -0.2) is 9.78 Å². The molecule has 1 unspecified atom stereocenters. The summed E-state index contributed by atoms with van der Waals surface area (Å²) in [4.78, 5) is 30.9. The number of anilines is 1. The van der Waals surface area contributed by atoms with E-state index in [1.165, 1.54) is 28.6 Å². The largest absolute Gasteiger partial charge is 0.442 e. The molecule has 7 heteroatoms. The lowest BCUT2D eigenvalue weighted by Crippen LogP contribution is -2.33. The van der Waals surface area contributed by atoms with Crippen molar-refractivity contribution in [3.8, 4) is 0 Å². The molecule has 136 valence electrons. The molecule has 0 radical (unpaired) electrons. The van der Waals surface area contributed by atoms with E-state index < -0.39 is 0 Å². The van der Waals surface area contributed by atoms with Gasteiger partial charge in [0.05, 0.1) is 23.8 Å². The van der Waals surface area contributed by atoms with Gasteiger partial charge in [-0.1, -0.05) is 6.07 Å². The lowest BCUT2D eigenvalue weighted by Gasteiger charge is -2.16. The van der Waals surface area contributed by atoms with Crippen molar-refractivity contribution in [2.24, 2.45) is 0 Å². The number of nitrogens with zero attached hydrogens (tertiary/aromatic N) is 2. The summed E-state index contributed by atoms with van der Waals surface area (Å²) in [7, 11) is 0. The number of amides is 2. The Hall–Kier alpha value is -2.41.